The Kier molecular flexibility index (Phi) is 5.59. The maximum Gasteiger partial charge on any atom is 0.147 e. The molecule has 0 atom stereocenters. The lowest BCUT2D eigenvalue weighted by Crippen LogP contribution is -2.02. The highest BCUT2D eigenvalue weighted by atomic mass is 16.5. The molecule has 4 rings (SSSR count). The van der Waals surface area contributed by atoms with E-state index in [1.54, 1.807) is 0 Å². The van der Waals surface area contributed by atoms with E-state index < -0.39 is 0 Å². The van der Waals surface area contributed by atoms with Gasteiger partial charge in [0.15, 0.2) is 0 Å². The van der Waals surface area contributed by atoms with Gasteiger partial charge in [0, 0.05) is 17.6 Å². The fourth-order valence-corrected chi connectivity index (χ4v) is 3.27. The Hall–Kier alpha value is -3.24. The van der Waals surface area contributed by atoms with Gasteiger partial charge in [0.25, 0.3) is 0 Å². The van der Waals surface area contributed by atoms with E-state index in [1.807, 2.05) is 48.7 Å². The van der Waals surface area contributed by atoms with Crippen LogP contribution in [0.1, 0.15) is 16.7 Å². The summed E-state index contributed by atoms with van der Waals surface area (Å²) in [6.07, 6.45) is 2.81. The summed E-state index contributed by atoms with van der Waals surface area (Å²) in [5.41, 5.74) is 10.2. The van der Waals surface area contributed by atoms with Crippen molar-refractivity contribution in [2.75, 3.05) is 6.54 Å². The molecule has 0 saturated heterocycles. The Morgan fingerprint density at radius 2 is 1.43 bits per heavy atom. The lowest BCUT2D eigenvalue weighted by molar-refractivity contribution is 0.292. The first-order chi connectivity index (χ1) is 13.8. The molecule has 142 valence electrons. The number of hydrogen-bond donors (Lipinski definition) is 2. The minimum atomic E-state index is 0.503. The van der Waals surface area contributed by atoms with E-state index in [0.717, 1.165) is 39.9 Å². The SMILES string of the molecule is NCCc1c[nH]c2c(OCc3ccccc3)cc(OCc3ccccc3)cc12. The van der Waals surface area contributed by atoms with Crippen LogP contribution in [0.15, 0.2) is 79.0 Å². The van der Waals surface area contributed by atoms with Gasteiger partial charge in [-0.05, 0) is 35.7 Å². The molecule has 3 aromatic carbocycles. The Morgan fingerprint density at radius 3 is 2.07 bits per heavy atom. The van der Waals surface area contributed by atoms with Crippen molar-refractivity contribution < 1.29 is 9.47 Å². The molecule has 0 radical (unpaired) electrons. The van der Waals surface area contributed by atoms with Crippen molar-refractivity contribution in [3.8, 4) is 11.5 Å². The van der Waals surface area contributed by atoms with Crippen molar-refractivity contribution >= 4 is 10.9 Å². The van der Waals surface area contributed by atoms with Crippen molar-refractivity contribution in [3.05, 3.63) is 95.7 Å². The summed E-state index contributed by atoms with van der Waals surface area (Å²) in [6.45, 7) is 1.62. The van der Waals surface area contributed by atoms with Gasteiger partial charge in [0.1, 0.15) is 24.7 Å². The van der Waals surface area contributed by atoms with Crippen LogP contribution in [0.2, 0.25) is 0 Å². The Bertz CT molecular complexity index is 1030. The number of benzene rings is 3. The van der Waals surface area contributed by atoms with E-state index in [-0.39, 0.29) is 0 Å². The van der Waals surface area contributed by atoms with Crippen molar-refractivity contribution in [1.82, 2.24) is 4.98 Å². The van der Waals surface area contributed by atoms with Crippen molar-refractivity contribution in [3.63, 3.8) is 0 Å². The summed E-state index contributed by atoms with van der Waals surface area (Å²) >= 11 is 0. The fourth-order valence-electron chi connectivity index (χ4n) is 3.27. The second-order valence-corrected chi connectivity index (χ2v) is 6.75. The average Bonchev–Trinajstić information content (AvgIpc) is 3.15. The minimum Gasteiger partial charge on any atom is -0.489 e. The number of ether oxygens (including phenoxy) is 2. The quantitative estimate of drug-likeness (QED) is 0.466. The number of hydrogen-bond acceptors (Lipinski definition) is 3. The standard InChI is InChI=1S/C24H24N2O2/c25-12-11-20-15-26-24-22(20)13-21(27-16-18-7-3-1-4-8-18)14-23(24)28-17-19-9-5-2-6-10-19/h1-10,13-15,26H,11-12,16-17,25H2. The lowest BCUT2D eigenvalue weighted by Gasteiger charge is -2.12. The van der Waals surface area contributed by atoms with E-state index in [0.29, 0.717) is 19.8 Å². The largest absolute Gasteiger partial charge is 0.489 e. The molecule has 4 heteroatoms. The van der Waals surface area contributed by atoms with Crippen LogP contribution >= 0.6 is 0 Å². The predicted molar refractivity (Wildman–Crippen MR) is 113 cm³/mol. The molecule has 4 nitrogen and oxygen atoms in total. The molecular weight excluding hydrogens is 348 g/mol. The number of rotatable bonds is 8. The number of nitrogens with one attached hydrogen (secondary N) is 1. The molecule has 0 saturated carbocycles. The highest BCUT2D eigenvalue weighted by Gasteiger charge is 2.12. The van der Waals surface area contributed by atoms with Crippen LogP contribution in [0, 0.1) is 0 Å². The zero-order valence-electron chi connectivity index (χ0n) is 15.7. The van der Waals surface area contributed by atoms with Crippen LogP contribution in [-0.2, 0) is 19.6 Å². The van der Waals surface area contributed by atoms with Crippen molar-refractivity contribution in [1.29, 1.82) is 0 Å². The smallest absolute Gasteiger partial charge is 0.147 e. The van der Waals surface area contributed by atoms with Crippen LogP contribution in [-0.4, -0.2) is 11.5 Å². The molecule has 0 amide bonds. The fraction of sp³-hybridized carbons (Fsp3) is 0.167. The van der Waals surface area contributed by atoms with E-state index in [4.69, 9.17) is 15.2 Å². The van der Waals surface area contributed by atoms with Crippen LogP contribution < -0.4 is 15.2 Å². The third-order valence-corrected chi connectivity index (χ3v) is 4.71. The first kappa shape index (κ1) is 18.1. The molecule has 0 aliphatic heterocycles. The average molecular weight is 372 g/mol. The third kappa shape index (κ3) is 4.18. The van der Waals surface area contributed by atoms with Crippen LogP contribution in [0.5, 0.6) is 11.5 Å². The molecule has 0 unspecified atom stereocenters. The molecule has 28 heavy (non-hydrogen) atoms. The number of aromatic amines is 1. The molecular formula is C24H24N2O2. The highest BCUT2D eigenvalue weighted by molar-refractivity contribution is 5.90. The van der Waals surface area contributed by atoms with E-state index in [9.17, 15) is 0 Å². The van der Waals surface area contributed by atoms with Gasteiger partial charge in [-0.1, -0.05) is 60.7 Å². The second-order valence-electron chi connectivity index (χ2n) is 6.75. The Labute approximate surface area is 164 Å². The maximum absolute atomic E-state index is 6.15. The summed E-state index contributed by atoms with van der Waals surface area (Å²) in [4.78, 5) is 3.34. The van der Waals surface area contributed by atoms with Gasteiger partial charge < -0.3 is 20.2 Å². The summed E-state index contributed by atoms with van der Waals surface area (Å²) in [5, 5.41) is 1.10. The van der Waals surface area contributed by atoms with Crippen molar-refractivity contribution in [2.45, 2.75) is 19.6 Å². The normalized spacial score (nSPS) is 10.9. The van der Waals surface area contributed by atoms with Crippen LogP contribution in [0.25, 0.3) is 10.9 Å². The molecule has 1 heterocycles. The molecule has 0 fully saturated rings. The molecule has 3 N–H and O–H groups in total. The van der Waals surface area contributed by atoms with Crippen LogP contribution in [0.4, 0.5) is 0 Å². The first-order valence-electron chi connectivity index (χ1n) is 9.51. The second kappa shape index (κ2) is 8.63. The summed E-state index contributed by atoms with van der Waals surface area (Å²) in [6, 6.07) is 24.3. The number of H-pyrrole nitrogens is 1. The minimum absolute atomic E-state index is 0.503. The predicted octanol–water partition coefficient (Wildman–Crippen LogP) is 4.83. The van der Waals surface area contributed by atoms with E-state index in [2.05, 4.69) is 35.3 Å². The van der Waals surface area contributed by atoms with E-state index in [1.165, 1.54) is 5.56 Å². The van der Waals surface area contributed by atoms with Gasteiger partial charge in [-0.2, -0.15) is 0 Å². The number of nitrogens with two attached hydrogens (primary N) is 1. The molecule has 0 spiro atoms. The van der Waals surface area contributed by atoms with Gasteiger partial charge >= 0.3 is 0 Å². The molecule has 1 aromatic heterocycles. The monoisotopic (exact) mass is 372 g/mol. The van der Waals surface area contributed by atoms with Gasteiger partial charge in [-0.15, -0.1) is 0 Å². The first-order valence-corrected chi connectivity index (χ1v) is 9.51. The Morgan fingerprint density at radius 1 is 0.786 bits per heavy atom. The van der Waals surface area contributed by atoms with Gasteiger partial charge in [-0.3, -0.25) is 0 Å². The summed E-state index contributed by atoms with van der Waals surface area (Å²) in [7, 11) is 0. The molecule has 0 aliphatic carbocycles. The zero-order chi connectivity index (χ0) is 19.2. The molecule has 0 aliphatic rings. The Balaban J connectivity index is 1.62. The lowest BCUT2D eigenvalue weighted by atomic mass is 10.1. The van der Waals surface area contributed by atoms with E-state index >= 15 is 0 Å². The van der Waals surface area contributed by atoms with Gasteiger partial charge in [0.2, 0.25) is 0 Å². The summed E-state index contributed by atoms with van der Waals surface area (Å²) in [5.74, 6) is 1.57. The number of aromatic nitrogens is 1. The van der Waals surface area contributed by atoms with Gasteiger partial charge in [0.05, 0.1) is 5.52 Å². The van der Waals surface area contributed by atoms with Crippen LogP contribution in [0.3, 0.4) is 0 Å². The number of fused-ring (bicyclic) bond motifs is 1. The van der Waals surface area contributed by atoms with Crippen molar-refractivity contribution in [2.24, 2.45) is 5.73 Å². The highest BCUT2D eigenvalue weighted by Crippen LogP contribution is 2.34. The van der Waals surface area contributed by atoms with Gasteiger partial charge in [-0.25, -0.2) is 0 Å². The maximum atomic E-state index is 6.15. The summed E-state index contributed by atoms with van der Waals surface area (Å²) < 4.78 is 12.2. The third-order valence-electron chi connectivity index (χ3n) is 4.71. The molecule has 4 aromatic rings. The molecule has 0 bridgehead atoms. The zero-order valence-corrected chi connectivity index (χ0v) is 15.7. The topological polar surface area (TPSA) is 60.3 Å².